The van der Waals surface area contributed by atoms with Gasteiger partial charge >= 0.3 is 0 Å². The molecule has 0 amide bonds. The second-order valence-electron chi connectivity index (χ2n) is 4.10. The van der Waals surface area contributed by atoms with E-state index in [9.17, 15) is 0 Å². The molecular weight excluding hydrogens is 304 g/mol. The van der Waals surface area contributed by atoms with E-state index >= 15 is 0 Å². The fourth-order valence-electron chi connectivity index (χ4n) is 1.86. The molecule has 94 valence electrons. The van der Waals surface area contributed by atoms with Gasteiger partial charge in [-0.1, -0.05) is 30.3 Å². The van der Waals surface area contributed by atoms with E-state index in [-0.39, 0.29) is 0 Å². The third-order valence-corrected chi connectivity index (χ3v) is 3.23. The molecule has 0 bridgehead atoms. The minimum atomic E-state index is 0.456. The first-order valence-electron chi connectivity index (χ1n) is 5.76. The Bertz CT molecular complexity index is 706. The summed E-state index contributed by atoms with van der Waals surface area (Å²) < 4.78 is 0.870. The Kier molecular flexibility index (Phi) is 3.05. The molecular formula is C14H11BrN4. The molecule has 3 aromatic rings. The molecule has 2 aromatic heterocycles. The molecule has 2 heterocycles. The van der Waals surface area contributed by atoms with E-state index < -0.39 is 0 Å². The summed E-state index contributed by atoms with van der Waals surface area (Å²) in [5.41, 5.74) is 8.71. The van der Waals surface area contributed by atoms with Gasteiger partial charge in [0, 0.05) is 10.7 Å². The monoisotopic (exact) mass is 314 g/mol. The summed E-state index contributed by atoms with van der Waals surface area (Å²) in [5.74, 6) is 1.17. The molecule has 0 unspecified atom stereocenters. The minimum absolute atomic E-state index is 0.456. The fourth-order valence-corrected chi connectivity index (χ4v) is 2.19. The second-order valence-corrected chi connectivity index (χ2v) is 5.01. The summed E-state index contributed by atoms with van der Waals surface area (Å²) in [7, 11) is 0. The Morgan fingerprint density at radius 1 is 1.05 bits per heavy atom. The van der Waals surface area contributed by atoms with Crippen molar-refractivity contribution in [3.8, 4) is 22.6 Å². The van der Waals surface area contributed by atoms with Crippen molar-refractivity contribution in [2.24, 2.45) is 0 Å². The number of hydrogen-bond acceptors (Lipinski definition) is 3. The van der Waals surface area contributed by atoms with Crippen molar-refractivity contribution in [3.63, 3.8) is 0 Å². The highest BCUT2D eigenvalue weighted by Crippen LogP contribution is 2.27. The number of nitrogens with one attached hydrogen (secondary N) is 1. The summed E-state index contributed by atoms with van der Waals surface area (Å²) in [6.07, 6.45) is 3.46. The average Bonchev–Trinajstić information content (AvgIpc) is 2.92. The minimum Gasteiger partial charge on any atom is -0.383 e. The topological polar surface area (TPSA) is 67.6 Å². The zero-order valence-electron chi connectivity index (χ0n) is 9.97. The molecule has 0 spiro atoms. The van der Waals surface area contributed by atoms with Crippen molar-refractivity contribution in [2.75, 3.05) is 5.73 Å². The Morgan fingerprint density at radius 3 is 2.63 bits per heavy atom. The number of halogens is 1. The lowest BCUT2D eigenvalue weighted by atomic mass is 10.2. The van der Waals surface area contributed by atoms with Crippen molar-refractivity contribution in [2.45, 2.75) is 0 Å². The average molecular weight is 315 g/mol. The van der Waals surface area contributed by atoms with Crippen molar-refractivity contribution in [3.05, 3.63) is 53.3 Å². The van der Waals surface area contributed by atoms with Crippen LogP contribution < -0.4 is 5.73 Å². The standard InChI is InChI=1S/C14H11BrN4/c15-10-6-11(13(16)17-7-10)14-18-8-12(19-14)9-4-2-1-3-5-9/h1-8H,(H2,16,17)(H,18,19). The number of nitrogen functional groups attached to an aromatic ring is 1. The highest BCUT2D eigenvalue weighted by atomic mass is 79.9. The molecule has 0 radical (unpaired) electrons. The largest absolute Gasteiger partial charge is 0.383 e. The molecule has 3 rings (SSSR count). The summed E-state index contributed by atoms with van der Waals surface area (Å²) >= 11 is 3.39. The first-order chi connectivity index (χ1) is 9.24. The maximum Gasteiger partial charge on any atom is 0.141 e. The van der Waals surface area contributed by atoms with Gasteiger partial charge < -0.3 is 10.7 Å². The SMILES string of the molecule is Nc1ncc(Br)cc1-c1ncc(-c2ccccc2)[nH]1. The molecule has 3 N–H and O–H groups in total. The van der Waals surface area contributed by atoms with Crippen molar-refractivity contribution >= 4 is 21.7 Å². The number of nitrogens with two attached hydrogens (primary N) is 1. The van der Waals surface area contributed by atoms with Crippen LogP contribution in [0, 0.1) is 0 Å². The van der Waals surface area contributed by atoms with Crippen LogP contribution in [0.25, 0.3) is 22.6 Å². The quantitative estimate of drug-likeness (QED) is 0.761. The van der Waals surface area contributed by atoms with E-state index in [2.05, 4.69) is 30.9 Å². The molecule has 5 heteroatoms. The Morgan fingerprint density at radius 2 is 1.84 bits per heavy atom. The fraction of sp³-hybridized carbons (Fsp3) is 0. The number of H-pyrrole nitrogens is 1. The van der Waals surface area contributed by atoms with E-state index in [1.54, 1.807) is 12.4 Å². The molecule has 0 saturated heterocycles. The number of rotatable bonds is 2. The number of imidazole rings is 1. The van der Waals surface area contributed by atoms with Gasteiger partial charge in [0.05, 0.1) is 17.5 Å². The third kappa shape index (κ3) is 2.37. The van der Waals surface area contributed by atoms with E-state index in [4.69, 9.17) is 5.73 Å². The van der Waals surface area contributed by atoms with Crippen molar-refractivity contribution in [1.29, 1.82) is 0 Å². The van der Waals surface area contributed by atoms with Crippen molar-refractivity contribution in [1.82, 2.24) is 15.0 Å². The molecule has 0 aliphatic carbocycles. The van der Waals surface area contributed by atoms with Crippen LogP contribution in [0.15, 0.2) is 53.3 Å². The van der Waals surface area contributed by atoms with Gasteiger partial charge in [-0.25, -0.2) is 9.97 Å². The van der Waals surface area contributed by atoms with Gasteiger partial charge in [-0.05, 0) is 27.6 Å². The van der Waals surface area contributed by atoms with Crippen LogP contribution in [0.4, 0.5) is 5.82 Å². The Hall–Kier alpha value is -2.14. The molecule has 1 aromatic carbocycles. The lowest BCUT2D eigenvalue weighted by Gasteiger charge is -2.02. The zero-order valence-corrected chi connectivity index (χ0v) is 11.6. The number of hydrogen-bond donors (Lipinski definition) is 2. The van der Waals surface area contributed by atoms with Gasteiger partial charge in [0.2, 0.25) is 0 Å². The molecule has 0 fully saturated rings. The van der Waals surface area contributed by atoms with E-state index in [0.29, 0.717) is 11.6 Å². The highest BCUT2D eigenvalue weighted by molar-refractivity contribution is 9.10. The van der Waals surface area contributed by atoms with Gasteiger partial charge in [0.15, 0.2) is 0 Å². The lowest BCUT2D eigenvalue weighted by Crippen LogP contribution is -1.94. The Labute approximate surface area is 118 Å². The first kappa shape index (κ1) is 11.9. The molecule has 19 heavy (non-hydrogen) atoms. The van der Waals surface area contributed by atoms with E-state index in [1.165, 1.54) is 0 Å². The van der Waals surface area contributed by atoms with Crippen LogP contribution in [0.2, 0.25) is 0 Å². The molecule has 0 atom stereocenters. The molecule has 0 saturated carbocycles. The van der Waals surface area contributed by atoms with Crippen LogP contribution in [0.3, 0.4) is 0 Å². The maximum atomic E-state index is 5.88. The van der Waals surface area contributed by atoms with Crippen molar-refractivity contribution < 1.29 is 0 Å². The Balaban J connectivity index is 2.04. The highest BCUT2D eigenvalue weighted by Gasteiger charge is 2.09. The number of aromatic nitrogens is 3. The predicted molar refractivity (Wildman–Crippen MR) is 79.4 cm³/mol. The van der Waals surface area contributed by atoms with Gasteiger partial charge in [-0.2, -0.15) is 0 Å². The van der Waals surface area contributed by atoms with Gasteiger partial charge in [-0.3, -0.25) is 0 Å². The lowest BCUT2D eigenvalue weighted by molar-refractivity contribution is 1.26. The second kappa shape index (κ2) is 4.85. The summed E-state index contributed by atoms with van der Waals surface area (Å²) in [6, 6.07) is 11.9. The summed E-state index contributed by atoms with van der Waals surface area (Å²) in [5, 5.41) is 0. The maximum absolute atomic E-state index is 5.88. The number of nitrogens with zero attached hydrogens (tertiary/aromatic N) is 2. The summed E-state index contributed by atoms with van der Waals surface area (Å²) in [4.78, 5) is 11.7. The van der Waals surface area contributed by atoms with E-state index in [0.717, 1.165) is 21.3 Å². The molecule has 0 aliphatic heterocycles. The molecule has 0 aliphatic rings. The van der Waals surface area contributed by atoms with E-state index in [1.807, 2.05) is 36.4 Å². The van der Waals surface area contributed by atoms with Crippen LogP contribution in [-0.4, -0.2) is 15.0 Å². The number of anilines is 1. The van der Waals surface area contributed by atoms with Gasteiger partial charge in [-0.15, -0.1) is 0 Å². The van der Waals surface area contributed by atoms with Gasteiger partial charge in [0.1, 0.15) is 11.6 Å². The number of benzene rings is 1. The van der Waals surface area contributed by atoms with Gasteiger partial charge in [0.25, 0.3) is 0 Å². The summed E-state index contributed by atoms with van der Waals surface area (Å²) in [6.45, 7) is 0. The zero-order chi connectivity index (χ0) is 13.2. The smallest absolute Gasteiger partial charge is 0.141 e. The predicted octanol–water partition coefficient (Wildman–Crippen LogP) is 3.48. The number of aromatic amines is 1. The first-order valence-corrected chi connectivity index (χ1v) is 6.55. The molecule has 4 nitrogen and oxygen atoms in total. The third-order valence-electron chi connectivity index (χ3n) is 2.80. The normalized spacial score (nSPS) is 10.6. The number of pyridine rings is 1. The van der Waals surface area contributed by atoms with Crippen LogP contribution in [0.5, 0.6) is 0 Å². The van der Waals surface area contributed by atoms with Crippen LogP contribution >= 0.6 is 15.9 Å². The van der Waals surface area contributed by atoms with Crippen LogP contribution in [-0.2, 0) is 0 Å². The van der Waals surface area contributed by atoms with Crippen LogP contribution in [0.1, 0.15) is 0 Å².